The summed E-state index contributed by atoms with van der Waals surface area (Å²) in [6.07, 6.45) is 9.17. The average molecular weight is 288 g/mol. The van der Waals surface area contributed by atoms with Crippen LogP contribution in [0, 0.1) is 5.92 Å². The van der Waals surface area contributed by atoms with E-state index in [1.807, 2.05) is 6.08 Å². The minimum atomic E-state index is 0.449. The van der Waals surface area contributed by atoms with Crippen LogP contribution in [0.3, 0.4) is 0 Å². The van der Waals surface area contributed by atoms with Gasteiger partial charge in [0.1, 0.15) is 5.75 Å². The molecule has 1 aromatic rings. The van der Waals surface area contributed by atoms with Crippen molar-refractivity contribution < 1.29 is 9.47 Å². The number of ether oxygens (including phenoxy) is 2. The van der Waals surface area contributed by atoms with Crippen LogP contribution in [0.1, 0.15) is 44.6 Å². The Labute approximate surface area is 129 Å². The van der Waals surface area contributed by atoms with Gasteiger partial charge in [-0.3, -0.25) is 0 Å². The van der Waals surface area contributed by atoms with E-state index in [1.54, 1.807) is 0 Å². The molecule has 0 unspecified atom stereocenters. The molecule has 21 heavy (non-hydrogen) atoms. The molecular weight excluding hydrogens is 260 g/mol. The number of aryl methyl sites for hydroxylation is 1. The SMILES string of the molecule is C=CCCOC1CCC(COc2ccc(CC)cc2)CC1. The summed E-state index contributed by atoms with van der Waals surface area (Å²) < 4.78 is 11.8. The lowest BCUT2D eigenvalue weighted by atomic mass is 9.88. The molecule has 0 aromatic heterocycles. The van der Waals surface area contributed by atoms with Crippen molar-refractivity contribution in [3.8, 4) is 5.75 Å². The van der Waals surface area contributed by atoms with Crippen molar-refractivity contribution in [1.82, 2.24) is 0 Å². The highest BCUT2D eigenvalue weighted by atomic mass is 16.5. The fraction of sp³-hybridized carbons (Fsp3) is 0.579. The van der Waals surface area contributed by atoms with Crippen molar-refractivity contribution in [3.05, 3.63) is 42.5 Å². The van der Waals surface area contributed by atoms with Crippen LogP contribution < -0.4 is 4.74 Å². The van der Waals surface area contributed by atoms with Gasteiger partial charge >= 0.3 is 0 Å². The van der Waals surface area contributed by atoms with Gasteiger partial charge < -0.3 is 9.47 Å². The molecule has 1 fully saturated rings. The summed E-state index contributed by atoms with van der Waals surface area (Å²) in [6.45, 7) is 7.55. The largest absolute Gasteiger partial charge is 0.493 e. The molecule has 0 N–H and O–H groups in total. The number of hydrogen-bond donors (Lipinski definition) is 0. The maximum atomic E-state index is 5.92. The zero-order valence-corrected chi connectivity index (χ0v) is 13.2. The second-order valence-corrected chi connectivity index (χ2v) is 5.90. The van der Waals surface area contributed by atoms with Crippen molar-refractivity contribution in [2.75, 3.05) is 13.2 Å². The van der Waals surface area contributed by atoms with Gasteiger partial charge in [-0.1, -0.05) is 25.1 Å². The van der Waals surface area contributed by atoms with Gasteiger partial charge in [0.25, 0.3) is 0 Å². The first kappa shape index (κ1) is 16.1. The second-order valence-electron chi connectivity index (χ2n) is 5.90. The lowest BCUT2D eigenvalue weighted by molar-refractivity contribution is 0.0152. The Morgan fingerprint density at radius 3 is 2.48 bits per heavy atom. The standard InChI is InChI=1S/C19H28O2/c1-3-5-14-20-18-12-8-17(9-13-18)15-21-19-10-6-16(4-2)7-11-19/h3,6-7,10-11,17-18H,1,4-5,8-9,12-15H2,2H3. The lowest BCUT2D eigenvalue weighted by Gasteiger charge is -2.28. The molecule has 0 atom stereocenters. The van der Waals surface area contributed by atoms with E-state index in [9.17, 15) is 0 Å². The predicted molar refractivity (Wildman–Crippen MR) is 87.8 cm³/mol. The van der Waals surface area contributed by atoms with Gasteiger partial charge in [0.15, 0.2) is 0 Å². The summed E-state index contributed by atoms with van der Waals surface area (Å²) in [4.78, 5) is 0. The maximum Gasteiger partial charge on any atom is 0.119 e. The van der Waals surface area contributed by atoms with Crippen LogP contribution in [0.15, 0.2) is 36.9 Å². The van der Waals surface area contributed by atoms with Crippen LogP contribution in [0.2, 0.25) is 0 Å². The summed E-state index contributed by atoms with van der Waals surface area (Å²) in [7, 11) is 0. The van der Waals surface area contributed by atoms with Crippen LogP contribution in [0.5, 0.6) is 5.75 Å². The van der Waals surface area contributed by atoms with Crippen molar-refractivity contribution in [1.29, 1.82) is 0 Å². The fourth-order valence-electron chi connectivity index (χ4n) is 2.82. The third-order valence-electron chi connectivity index (χ3n) is 4.29. The molecule has 1 saturated carbocycles. The third kappa shape index (κ3) is 5.55. The molecule has 0 spiro atoms. The first-order chi connectivity index (χ1) is 10.3. The van der Waals surface area contributed by atoms with E-state index in [1.165, 1.54) is 31.2 Å². The molecule has 0 saturated heterocycles. The summed E-state index contributed by atoms with van der Waals surface area (Å²) >= 11 is 0. The minimum absolute atomic E-state index is 0.449. The van der Waals surface area contributed by atoms with E-state index in [-0.39, 0.29) is 0 Å². The van der Waals surface area contributed by atoms with Gasteiger partial charge in [0.2, 0.25) is 0 Å². The highest BCUT2D eigenvalue weighted by molar-refractivity contribution is 5.27. The molecule has 0 heterocycles. The quantitative estimate of drug-likeness (QED) is 0.506. The molecule has 2 heteroatoms. The fourth-order valence-corrected chi connectivity index (χ4v) is 2.82. The molecule has 116 valence electrons. The van der Waals surface area contributed by atoms with Crippen LogP contribution in [0.4, 0.5) is 0 Å². The van der Waals surface area contributed by atoms with Crippen LogP contribution in [0.25, 0.3) is 0 Å². The van der Waals surface area contributed by atoms with Crippen LogP contribution >= 0.6 is 0 Å². The molecule has 1 aliphatic carbocycles. The topological polar surface area (TPSA) is 18.5 Å². The molecule has 0 radical (unpaired) electrons. The Morgan fingerprint density at radius 2 is 1.86 bits per heavy atom. The van der Waals surface area contributed by atoms with Gasteiger partial charge in [-0.25, -0.2) is 0 Å². The van der Waals surface area contributed by atoms with E-state index in [0.717, 1.165) is 31.8 Å². The van der Waals surface area contributed by atoms with Gasteiger partial charge in [0.05, 0.1) is 19.3 Å². The highest BCUT2D eigenvalue weighted by Crippen LogP contribution is 2.27. The Kier molecular flexibility index (Phi) is 6.81. The molecule has 0 bridgehead atoms. The number of benzene rings is 1. The van der Waals surface area contributed by atoms with Crippen LogP contribution in [-0.2, 0) is 11.2 Å². The smallest absolute Gasteiger partial charge is 0.119 e. The highest BCUT2D eigenvalue weighted by Gasteiger charge is 2.21. The van der Waals surface area contributed by atoms with E-state index < -0.39 is 0 Å². The third-order valence-corrected chi connectivity index (χ3v) is 4.29. The van der Waals surface area contributed by atoms with E-state index in [4.69, 9.17) is 9.47 Å². The number of hydrogen-bond acceptors (Lipinski definition) is 2. The molecule has 2 nitrogen and oxygen atoms in total. The average Bonchev–Trinajstić information content (AvgIpc) is 2.55. The molecule has 1 aliphatic rings. The summed E-state index contributed by atoms with van der Waals surface area (Å²) in [6, 6.07) is 8.48. The first-order valence-corrected chi connectivity index (χ1v) is 8.26. The van der Waals surface area contributed by atoms with Crippen molar-refractivity contribution in [2.45, 2.75) is 51.6 Å². The van der Waals surface area contributed by atoms with E-state index in [0.29, 0.717) is 12.0 Å². The first-order valence-electron chi connectivity index (χ1n) is 8.26. The van der Waals surface area contributed by atoms with E-state index >= 15 is 0 Å². The van der Waals surface area contributed by atoms with Crippen molar-refractivity contribution >= 4 is 0 Å². The minimum Gasteiger partial charge on any atom is -0.493 e. The van der Waals surface area contributed by atoms with Gasteiger partial charge in [0, 0.05) is 0 Å². The van der Waals surface area contributed by atoms with Crippen LogP contribution in [-0.4, -0.2) is 19.3 Å². The maximum absolute atomic E-state index is 5.92. The molecule has 0 aliphatic heterocycles. The monoisotopic (exact) mass is 288 g/mol. The molecule has 2 rings (SSSR count). The van der Waals surface area contributed by atoms with Gasteiger partial charge in [-0.2, -0.15) is 0 Å². The molecule has 0 amide bonds. The molecular formula is C19H28O2. The Bertz CT molecular complexity index is 402. The summed E-state index contributed by atoms with van der Waals surface area (Å²) in [5.41, 5.74) is 1.36. The van der Waals surface area contributed by atoms with Gasteiger partial charge in [-0.15, -0.1) is 6.58 Å². The Hall–Kier alpha value is -1.28. The Morgan fingerprint density at radius 1 is 1.14 bits per heavy atom. The zero-order chi connectivity index (χ0) is 14.9. The van der Waals surface area contributed by atoms with Crippen molar-refractivity contribution in [2.24, 2.45) is 5.92 Å². The van der Waals surface area contributed by atoms with Gasteiger partial charge in [-0.05, 0) is 62.1 Å². The van der Waals surface area contributed by atoms with Crippen molar-refractivity contribution in [3.63, 3.8) is 0 Å². The lowest BCUT2D eigenvalue weighted by Crippen LogP contribution is -2.25. The number of rotatable bonds is 8. The Balaban J connectivity index is 1.65. The second kappa shape index (κ2) is 8.89. The predicted octanol–water partition coefficient (Wildman–Crippen LogP) is 4.78. The summed E-state index contributed by atoms with van der Waals surface area (Å²) in [5, 5.41) is 0. The summed E-state index contributed by atoms with van der Waals surface area (Å²) in [5.74, 6) is 1.67. The van der Waals surface area contributed by atoms with E-state index in [2.05, 4.69) is 37.8 Å². The zero-order valence-electron chi connectivity index (χ0n) is 13.2. The normalized spacial score (nSPS) is 22.0. The molecule has 1 aromatic carbocycles.